The molecule has 104 valence electrons. The first-order valence-corrected chi connectivity index (χ1v) is 5.70. The number of carbonyl (C=O) groups excluding carboxylic acids is 1. The number of nitrogens with zero attached hydrogens (tertiary/aromatic N) is 3. The molecule has 0 unspecified atom stereocenters. The van der Waals surface area contributed by atoms with Gasteiger partial charge in [-0.1, -0.05) is 0 Å². The van der Waals surface area contributed by atoms with Crippen molar-refractivity contribution in [2.24, 2.45) is 0 Å². The Bertz CT molecular complexity index is 465. The Morgan fingerprint density at radius 1 is 1.58 bits per heavy atom. The van der Waals surface area contributed by atoms with Crippen molar-refractivity contribution in [1.82, 2.24) is 9.97 Å². The van der Waals surface area contributed by atoms with Crippen LogP contribution in [0.2, 0.25) is 0 Å². The lowest BCUT2D eigenvalue weighted by Gasteiger charge is -2.06. The van der Waals surface area contributed by atoms with Gasteiger partial charge in [-0.25, -0.2) is 9.97 Å². The van der Waals surface area contributed by atoms with E-state index in [2.05, 4.69) is 15.3 Å². The summed E-state index contributed by atoms with van der Waals surface area (Å²) in [7, 11) is 0. The summed E-state index contributed by atoms with van der Waals surface area (Å²) in [4.78, 5) is 28.5. The van der Waals surface area contributed by atoms with Crippen LogP contribution in [0.1, 0.15) is 19.8 Å². The van der Waals surface area contributed by atoms with Crippen molar-refractivity contribution >= 4 is 23.3 Å². The average Bonchev–Trinajstić information content (AvgIpc) is 2.34. The molecular formula is C10H15N5O4. The van der Waals surface area contributed by atoms with Crippen molar-refractivity contribution in [3.8, 4) is 0 Å². The van der Waals surface area contributed by atoms with Crippen LogP contribution in [-0.4, -0.2) is 34.0 Å². The highest BCUT2D eigenvalue weighted by Gasteiger charge is 2.20. The van der Waals surface area contributed by atoms with Crippen LogP contribution in [0.15, 0.2) is 6.33 Å². The minimum absolute atomic E-state index is 0.0429. The zero-order chi connectivity index (χ0) is 14.3. The topological polar surface area (TPSA) is 133 Å². The van der Waals surface area contributed by atoms with Crippen LogP contribution in [0.25, 0.3) is 0 Å². The van der Waals surface area contributed by atoms with Gasteiger partial charge in [0.05, 0.1) is 11.5 Å². The maximum absolute atomic E-state index is 11.1. The van der Waals surface area contributed by atoms with Gasteiger partial charge in [0.1, 0.15) is 6.33 Å². The van der Waals surface area contributed by atoms with Crippen LogP contribution < -0.4 is 11.1 Å². The maximum Gasteiger partial charge on any atom is 0.352 e. The van der Waals surface area contributed by atoms with Gasteiger partial charge in [0.25, 0.3) is 0 Å². The van der Waals surface area contributed by atoms with Crippen molar-refractivity contribution < 1.29 is 14.5 Å². The van der Waals surface area contributed by atoms with Crippen LogP contribution in [0.5, 0.6) is 0 Å². The van der Waals surface area contributed by atoms with Crippen LogP contribution in [0, 0.1) is 10.1 Å². The number of hydrogen-bond acceptors (Lipinski definition) is 8. The Hall–Kier alpha value is -2.45. The molecular weight excluding hydrogens is 254 g/mol. The Morgan fingerprint density at radius 3 is 2.95 bits per heavy atom. The molecule has 1 aromatic heterocycles. The smallest absolute Gasteiger partial charge is 0.352 e. The van der Waals surface area contributed by atoms with Gasteiger partial charge in [0, 0.05) is 13.0 Å². The molecule has 0 atom stereocenters. The fraction of sp³-hybridized carbons (Fsp3) is 0.500. The third kappa shape index (κ3) is 4.37. The molecule has 0 saturated heterocycles. The molecule has 0 aliphatic heterocycles. The number of nitrogens with one attached hydrogen (secondary N) is 1. The molecule has 3 N–H and O–H groups in total. The summed E-state index contributed by atoms with van der Waals surface area (Å²) in [6, 6.07) is 0. The van der Waals surface area contributed by atoms with Crippen LogP contribution >= 0.6 is 0 Å². The highest BCUT2D eigenvalue weighted by molar-refractivity contribution is 5.69. The van der Waals surface area contributed by atoms with E-state index in [1.165, 1.54) is 0 Å². The maximum atomic E-state index is 11.1. The van der Waals surface area contributed by atoms with E-state index in [4.69, 9.17) is 10.5 Å². The quantitative estimate of drug-likeness (QED) is 0.320. The highest BCUT2D eigenvalue weighted by Crippen LogP contribution is 2.25. The minimum atomic E-state index is -0.650. The lowest BCUT2D eigenvalue weighted by Crippen LogP contribution is -2.11. The summed E-state index contributed by atoms with van der Waals surface area (Å²) >= 11 is 0. The van der Waals surface area contributed by atoms with E-state index in [0.717, 1.165) is 6.33 Å². The van der Waals surface area contributed by atoms with Crippen molar-refractivity contribution in [1.29, 1.82) is 0 Å². The highest BCUT2D eigenvalue weighted by atomic mass is 16.6. The predicted octanol–water partition coefficient (Wildman–Crippen LogP) is 0.722. The molecule has 0 bridgehead atoms. The lowest BCUT2D eigenvalue weighted by molar-refractivity contribution is -0.383. The van der Waals surface area contributed by atoms with Gasteiger partial charge in [-0.2, -0.15) is 0 Å². The second kappa shape index (κ2) is 7.09. The van der Waals surface area contributed by atoms with Gasteiger partial charge in [0.15, 0.2) is 0 Å². The Balaban J connectivity index is 2.52. The Kier molecular flexibility index (Phi) is 5.45. The number of anilines is 2. The van der Waals surface area contributed by atoms with E-state index in [9.17, 15) is 14.9 Å². The summed E-state index contributed by atoms with van der Waals surface area (Å²) < 4.78 is 4.75. The fourth-order valence-corrected chi connectivity index (χ4v) is 1.37. The predicted molar refractivity (Wildman–Crippen MR) is 67.5 cm³/mol. The first-order valence-electron chi connectivity index (χ1n) is 5.70. The molecule has 0 aromatic carbocycles. The molecule has 0 amide bonds. The molecule has 0 spiro atoms. The fourth-order valence-electron chi connectivity index (χ4n) is 1.37. The monoisotopic (exact) mass is 269 g/mol. The second-order valence-electron chi connectivity index (χ2n) is 3.55. The molecule has 0 fully saturated rings. The first-order chi connectivity index (χ1) is 9.06. The zero-order valence-electron chi connectivity index (χ0n) is 10.5. The number of hydrogen-bond donors (Lipinski definition) is 2. The van der Waals surface area contributed by atoms with Crippen molar-refractivity contribution in [3.05, 3.63) is 16.4 Å². The Labute approximate surface area is 109 Å². The number of carbonyl (C=O) groups is 1. The standard InChI is InChI=1S/C10H15N5O4/c1-2-19-7(16)4-3-5-12-10-8(15(17)18)9(11)13-6-14-10/h6H,2-5H2,1H3,(H3,11,12,13,14). The molecule has 0 radical (unpaired) electrons. The number of aromatic nitrogens is 2. The molecule has 1 aromatic rings. The van der Waals surface area contributed by atoms with Crippen LogP contribution in [-0.2, 0) is 9.53 Å². The normalized spacial score (nSPS) is 9.95. The van der Waals surface area contributed by atoms with Crippen molar-refractivity contribution in [2.75, 3.05) is 24.2 Å². The van der Waals surface area contributed by atoms with E-state index in [0.29, 0.717) is 19.6 Å². The summed E-state index contributed by atoms with van der Waals surface area (Å²) in [6.07, 6.45) is 1.84. The molecule has 9 heteroatoms. The van der Waals surface area contributed by atoms with E-state index in [-0.39, 0.29) is 29.7 Å². The van der Waals surface area contributed by atoms with E-state index in [1.807, 2.05) is 0 Å². The molecule has 1 rings (SSSR count). The Morgan fingerprint density at radius 2 is 2.32 bits per heavy atom. The van der Waals surface area contributed by atoms with Gasteiger partial charge in [-0.05, 0) is 13.3 Å². The number of esters is 1. The third-order valence-corrected chi connectivity index (χ3v) is 2.19. The third-order valence-electron chi connectivity index (χ3n) is 2.19. The minimum Gasteiger partial charge on any atom is -0.466 e. The second-order valence-corrected chi connectivity index (χ2v) is 3.55. The number of nitrogen functional groups attached to an aromatic ring is 1. The SMILES string of the molecule is CCOC(=O)CCCNc1ncnc(N)c1[N+](=O)[O-]. The average molecular weight is 269 g/mol. The molecule has 9 nitrogen and oxygen atoms in total. The van der Waals surface area contributed by atoms with Crippen molar-refractivity contribution in [2.45, 2.75) is 19.8 Å². The van der Waals surface area contributed by atoms with Crippen LogP contribution in [0.4, 0.5) is 17.3 Å². The van der Waals surface area contributed by atoms with Gasteiger partial charge in [-0.3, -0.25) is 14.9 Å². The van der Waals surface area contributed by atoms with Gasteiger partial charge in [-0.15, -0.1) is 0 Å². The molecule has 0 aliphatic rings. The van der Waals surface area contributed by atoms with Crippen molar-refractivity contribution in [3.63, 3.8) is 0 Å². The number of rotatable bonds is 7. The van der Waals surface area contributed by atoms with E-state index < -0.39 is 4.92 Å². The molecule has 0 saturated carbocycles. The van der Waals surface area contributed by atoms with Gasteiger partial charge in [0.2, 0.25) is 11.6 Å². The molecule has 0 aliphatic carbocycles. The number of ether oxygens (including phenoxy) is 1. The lowest BCUT2D eigenvalue weighted by atomic mass is 10.3. The zero-order valence-corrected chi connectivity index (χ0v) is 10.5. The van der Waals surface area contributed by atoms with Gasteiger partial charge >= 0.3 is 11.7 Å². The molecule has 1 heterocycles. The van der Waals surface area contributed by atoms with E-state index in [1.54, 1.807) is 6.92 Å². The first kappa shape index (κ1) is 14.6. The summed E-state index contributed by atoms with van der Waals surface area (Å²) in [5.41, 5.74) is 5.05. The van der Waals surface area contributed by atoms with Crippen LogP contribution in [0.3, 0.4) is 0 Å². The summed E-state index contributed by atoms with van der Waals surface area (Å²) in [5.74, 6) is -0.463. The largest absolute Gasteiger partial charge is 0.466 e. The molecule has 19 heavy (non-hydrogen) atoms. The summed E-state index contributed by atoms with van der Waals surface area (Å²) in [5, 5.41) is 13.6. The number of nitro groups is 1. The number of nitrogens with two attached hydrogens (primary N) is 1. The van der Waals surface area contributed by atoms with Gasteiger partial charge < -0.3 is 15.8 Å². The summed E-state index contributed by atoms with van der Waals surface area (Å²) in [6.45, 7) is 2.40. The van der Waals surface area contributed by atoms with E-state index >= 15 is 0 Å².